The van der Waals surface area contributed by atoms with Crippen LogP contribution in [0.4, 0.5) is 0 Å². The van der Waals surface area contributed by atoms with Crippen LogP contribution in [0.2, 0.25) is 0 Å². The van der Waals surface area contributed by atoms with Gasteiger partial charge in [-0.2, -0.15) is 0 Å². The fourth-order valence-corrected chi connectivity index (χ4v) is 11.6. The van der Waals surface area contributed by atoms with Crippen molar-refractivity contribution in [2.24, 2.45) is 40.4 Å². The minimum absolute atomic E-state index is 0.324. The molecule has 8 atom stereocenters. The molecule has 4 aliphatic rings. The van der Waals surface area contributed by atoms with Gasteiger partial charge in [0.15, 0.2) is 0 Å². The fourth-order valence-electron chi connectivity index (χ4n) is 10.1. The lowest BCUT2D eigenvalue weighted by Crippen LogP contribution is -2.61. The third-order valence-electron chi connectivity index (χ3n) is 12.0. The maximum Gasteiger partial charge on any atom is 0.222 e. The Hall–Kier alpha value is -1.74. The summed E-state index contributed by atoms with van der Waals surface area (Å²) in [4.78, 5) is 14.7. The normalized spacial score (nSPS) is 37.4. The van der Waals surface area contributed by atoms with E-state index in [2.05, 4.69) is 105 Å². The van der Waals surface area contributed by atoms with Crippen molar-refractivity contribution in [3.63, 3.8) is 0 Å². The average molecular weight is 530 g/mol. The molecule has 4 fully saturated rings. The van der Waals surface area contributed by atoms with Crippen LogP contribution >= 0.6 is 11.8 Å². The topological polar surface area (TPSA) is 20.3 Å². The summed E-state index contributed by atoms with van der Waals surface area (Å²) in [5, 5.41) is 0.404. The molecule has 0 aromatic heterocycles. The van der Waals surface area contributed by atoms with Gasteiger partial charge in [0.25, 0.3) is 0 Å². The van der Waals surface area contributed by atoms with Gasteiger partial charge in [-0.15, -0.1) is 11.8 Å². The smallest absolute Gasteiger partial charge is 0.222 e. The van der Waals surface area contributed by atoms with E-state index in [1.807, 2.05) is 0 Å². The molecule has 3 heteroatoms. The van der Waals surface area contributed by atoms with Crippen molar-refractivity contribution in [2.75, 3.05) is 12.8 Å². The number of carbonyl (C=O) groups excluding carboxylic acids is 1. The Labute approximate surface area is 235 Å². The highest BCUT2D eigenvalue weighted by molar-refractivity contribution is 7.99. The standard InChI is InChI=1S/C35H47NOS/c1-24(23-38-33(25-11-7-5-8-12-25)26-13-9-6-10-14-26)28-16-17-29-27-15-18-31-35(3,22-20-32(37)36(31)4)30(27)19-21-34(28,29)2/h5-14,24,27-31,33H,15-23H2,1-4H3/t24?,27-,28+,29-,30-,31+,34+,35+/m0/s1. The minimum atomic E-state index is 0.324. The molecule has 1 unspecified atom stereocenters. The Kier molecular flexibility index (Phi) is 7.21. The van der Waals surface area contributed by atoms with Crippen LogP contribution in [0.15, 0.2) is 60.7 Å². The predicted octanol–water partition coefficient (Wildman–Crippen LogP) is 8.62. The van der Waals surface area contributed by atoms with Gasteiger partial charge in [0.1, 0.15) is 0 Å². The molecular formula is C35H47NOS. The number of piperidine rings is 1. The van der Waals surface area contributed by atoms with Crippen molar-refractivity contribution >= 4 is 17.7 Å². The van der Waals surface area contributed by atoms with Gasteiger partial charge in [-0.3, -0.25) is 4.79 Å². The number of hydrogen-bond acceptors (Lipinski definition) is 2. The largest absolute Gasteiger partial charge is 0.342 e. The molecule has 0 N–H and O–H groups in total. The lowest BCUT2D eigenvalue weighted by Gasteiger charge is -2.62. The van der Waals surface area contributed by atoms with E-state index in [0.717, 1.165) is 42.4 Å². The molecule has 2 aromatic carbocycles. The molecule has 1 aliphatic heterocycles. The summed E-state index contributed by atoms with van der Waals surface area (Å²) in [6.07, 6.45) is 10.0. The third kappa shape index (κ3) is 4.36. The van der Waals surface area contributed by atoms with Crippen molar-refractivity contribution in [3.8, 4) is 0 Å². The molecule has 3 aliphatic carbocycles. The molecule has 3 saturated carbocycles. The van der Waals surface area contributed by atoms with Crippen LogP contribution in [0, 0.1) is 40.4 Å². The van der Waals surface area contributed by atoms with E-state index in [4.69, 9.17) is 0 Å². The average Bonchev–Trinajstić information content (AvgIpc) is 3.30. The van der Waals surface area contributed by atoms with Crippen LogP contribution in [-0.4, -0.2) is 29.6 Å². The fraction of sp³-hybridized carbons (Fsp3) is 0.629. The molecule has 1 amide bonds. The van der Waals surface area contributed by atoms with Gasteiger partial charge in [0.2, 0.25) is 5.91 Å². The zero-order valence-electron chi connectivity index (χ0n) is 23.9. The maximum absolute atomic E-state index is 12.5. The van der Waals surface area contributed by atoms with E-state index in [1.165, 1.54) is 55.4 Å². The van der Waals surface area contributed by atoms with Crippen LogP contribution in [0.5, 0.6) is 0 Å². The van der Waals surface area contributed by atoms with Gasteiger partial charge >= 0.3 is 0 Å². The first-order chi connectivity index (χ1) is 18.3. The summed E-state index contributed by atoms with van der Waals surface area (Å²) in [5.41, 5.74) is 3.65. The van der Waals surface area contributed by atoms with Crippen LogP contribution < -0.4 is 0 Å². The van der Waals surface area contributed by atoms with Gasteiger partial charge in [-0.25, -0.2) is 0 Å². The van der Waals surface area contributed by atoms with Gasteiger partial charge in [0.05, 0.1) is 5.25 Å². The second kappa shape index (κ2) is 10.3. The number of benzene rings is 2. The molecule has 1 heterocycles. The summed E-state index contributed by atoms with van der Waals surface area (Å²) in [6.45, 7) is 7.80. The van der Waals surface area contributed by atoms with Crippen molar-refractivity contribution in [2.45, 2.75) is 83.4 Å². The van der Waals surface area contributed by atoms with E-state index < -0.39 is 0 Å². The van der Waals surface area contributed by atoms with Crippen LogP contribution in [0.3, 0.4) is 0 Å². The van der Waals surface area contributed by atoms with E-state index in [-0.39, 0.29) is 0 Å². The third-order valence-corrected chi connectivity index (χ3v) is 13.6. The molecule has 0 radical (unpaired) electrons. The van der Waals surface area contributed by atoms with E-state index in [1.54, 1.807) is 0 Å². The number of carbonyl (C=O) groups is 1. The first-order valence-corrected chi connectivity index (χ1v) is 16.3. The summed E-state index contributed by atoms with van der Waals surface area (Å²) >= 11 is 2.16. The summed E-state index contributed by atoms with van der Waals surface area (Å²) in [5.74, 6) is 5.70. The van der Waals surface area contributed by atoms with Gasteiger partial charge in [-0.05, 0) is 102 Å². The summed E-state index contributed by atoms with van der Waals surface area (Å²) in [7, 11) is 2.08. The zero-order valence-corrected chi connectivity index (χ0v) is 24.8. The molecule has 0 bridgehead atoms. The number of likely N-dealkylation sites (tertiary alicyclic amines) is 1. The van der Waals surface area contributed by atoms with Gasteiger partial charge < -0.3 is 4.90 Å². The zero-order chi connectivity index (χ0) is 26.5. The van der Waals surface area contributed by atoms with E-state index in [0.29, 0.717) is 28.0 Å². The highest BCUT2D eigenvalue weighted by atomic mass is 32.2. The number of amides is 1. The van der Waals surface area contributed by atoms with Crippen molar-refractivity contribution < 1.29 is 4.79 Å². The Morgan fingerprint density at radius 3 is 2.13 bits per heavy atom. The van der Waals surface area contributed by atoms with E-state index in [9.17, 15) is 4.79 Å². The molecule has 0 spiro atoms. The summed E-state index contributed by atoms with van der Waals surface area (Å²) in [6, 6.07) is 22.7. The lowest BCUT2D eigenvalue weighted by atomic mass is 9.46. The Balaban J connectivity index is 1.17. The number of thioether (sulfide) groups is 1. The number of rotatable bonds is 6. The van der Waals surface area contributed by atoms with Crippen LogP contribution in [-0.2, 0) is 4.79 Å². The monoisotopic (exact) mass is 529 g/mol. The van der Waals surface area contributed by atoms with Gasteiger partial charge in [-0.1, -0.05) is 81.4 Å². The first-order valence-electron chi connectivity index (χ1n) is 15.3. The second-order valence-electron chi connectivity index (χ2n) is 13.7. The van der Waals surface area contributed by atoms with E-state index >= 15 is 0 Å². The molecular weight excluding hydrogens is 482 g/mol. The molecule has 6 rings (SSSR count). The molecule has 2 nitrogen and oxygen atoms in total. The minimum Gasteiger partial charge on any atom is -0.342 e. The van der Waals surface area contributed by atoms with Crippen LogP contribution in [0.1, 0.15) is 88.5 Å². The molecule has 38 heavy (non-hydrogen) atoms. The molecule has 204 valence electrons. The number of hydrogen-bond donors (Lipinski definition) is 0. The second-order valence-corrected chi connectivity index (χ2v) is 14.9. The SMILES string of the molecule is CC(CSC(c1ccccc1)c1ccccc1)[C@H]1CC[C@H]2[C@@H]3CC[C@H]4N(C)C(=O)CC[C@]4(C)[C@H]3CC[C@]12C. The maximum atomic E-state index is 12.5. The predicted molar refractivity (Wildman–Crippen MR) is 160 cm³/mol. The van der Waals surface area contributed by atoms with Crippen molar-refractivity contribution in [3.05, 3.63) is 71.8 Å². The molecule has 1 saturated heterocycles. The Morgan fingerprint density at radius 2 is 1.47 bits per heavy atom. The lowest BCUT2D eigenvalue weighted by molar-refractivity contribution is -0.158. The summed E-state index contributed by atoms with van der Waals surface area (Å²) < 4.78 is 0. The van der Waals surface area contributed by atoms with Gasteiger partial charge in [0, 0.05) is 19.5 Å². The van der Waals surface area contributed by atoms with Crippen LogP contribution in [0.25, 0.3) is 0 Å². The highest BCUT2D eigenvalue weighted by Gasteiger charge is 2.61. The first kappa shape index (κ1) is 26.5. The number of nitrogens with zero attached hydrogens (tertiary/aromatic N) is 1. The van der Waals surface area contributed by atoms with Crippen molar-refractivity contribution in [1.29, 1.82) is 0 Å². The highest BCUT2D eigenvalue weighted by Crippen LogP contribution is 2.67. The molecule has 2 aromatic rings. The Morgan fingerprint density at radius 1 is 0.842 bits per heavy atom. The van der Waals surface area contributed by atoms with Crippen molar-refractivity contribution in [1.82, 2.24) is 4.90 Å². The number of fused-ring (bicyclic) bond motifs is 5. The Bertz CT molecular complexity index is 1080. The quantitative estimate of drug-likeness (QED) is 0.373.